The number of benzene rings is 1. The Hall–Kier alpha value is -2.12. The molecule has 1 aromatic rings. The maximum absolute atomic E-state index is 12.4. The molecule has 7 nitrogen and oxygen atoms in total. The molecular formula is C25H40N4O3. The van der Waals surface area contributed by atoms with Gasteiger partial charge < -0.3 is 25.4 Å². The molecule has 0 spiro atoms. The van der Waals surface area contributed by atoms with Crippen molar-refractivity contribution in [3.63, 3.8) is 0 Å². The second kappa shape index (κ2) is 12.8. The van der Waals surface area contributed by atoms with Gasteiger partial charge in [-0.1, -0.05) is 30.7 Å². The summed E-state index contributed by atoms with van der Waals surface area (Å²) in [6.07, 6.45) is 6.18. The molecule has 1 aliphatic heterocycles. The van der Waals surface area contributed by atoms with Crippen LogP contribution in [0.25, 0.3) is 0 Å². The molecule has 178 valence electrons. The van der Waals surface area contributed by atoms with Crippen molar-refractivity contribution < 1.29 is 14.3 Å². The molecule has 2 fully saturated rings. The van der Waals surface area contributed by atoms with Gasteiger partial charge in [0.15, 0.2) is 5.96 Å². The Morgan fingerprint density at radius 1 is 1.19 bits per heavy atom. The van der Waals surface area contributed by atoms with Crippen molar-refractivity contribution in [3.8, 4) is 0 Å². The van der Waals surface area contributed by atoms with Crippen molar-refractivity contribution in [2.24, 2.45) is 10.9 Å². The van der Waals surface area contributed by atoms with Crippen LogP contribution in [0.5, 0.6) is 0 Å². The fraction of sp³-hybridized carbons (Fsp3) is 0.680. The molecule has 1 aromatic carbocycles. The number of nitrogens with zero attached hydrogens (tertiary/aromatic N) is 1. The molecule has 32 heavy (non-hydrogen) atoms. The summed E-state index contributed by atoms with van der Waals surface area (Å²) in [5.74, 6) is 1.03. The zero-order chi connectivity index (χ0) is 22.8. The van der Waals surface area contributed by atoms with Crippen LogP contribution in [0.15, 0.2) is 29.3 Å². The molecule has 1 aliphatic carbocycles. The zero-order valence-corrected chi connectivity index (χ0v) is 19.9. The Bertz CT molecular complexity index is 746. The van der Waals surface area contributed by atoms with E-state index in [-0.39, 0.29) is 23.9 Å². The minimum atomic E-state index is 0.0779. The van der Waals surface area contributed by atoms with Gasteiger partial charge in [0.1, 0.15) is 0 Å². The van der Waals surface area contributed by atoms with Crippen molar-refractivity contribution in [2.75, 3.05) is 20.3 Å². The Morgan fingerprint density at radius 3 is 2.72 bits per heavy atom. The normalized spacial score (nSPS) is 22.6. The third-order valence-corrected chi connectivity index (χ3v) is 6.15. The first kappa shape index (κ1) is 24.5. The van der Waals surface area contributed by atoms with E-state index in [0.29, 0.717) is 19.3 Å². The van der Waals surface area contributed by atoms with Crippen LogP contribution in [0.4, 0.5) is 0 Å². The van der Waals surface area contributed by atoms with Crippen molar-refractivity contribution in [2.45, 2.75) is 83.7 Å². The Morgan fingerprint density at radius 2 is 1.97 bits per heavy atom. The third kappa shape index (κ3) is 8.10. The SMILES string of the molecule is CN=C(NCc1cccc(COC2CCOCC2)c1)NC1CCCC(C(=O)NC(C)C)C1. The minimum absolute atomic E-state index is 0.0779. The summed E-state index contributed by atoms with van der Waals surface area (Å²) in [6.45, 7) is 6.93. The van der Waals surface area contributed by atoms with Crippen molar-refractivity contribution in [3.05, 3.63) is 35.4 Å². The van der Waals surface area contributed by atoms with Crippen LogP contribution >= 0.6 is 0 Å². The van der Waals surface area contributed by atoms with Gasteiger partial charge in [-0.05, 0) is 57.1 Å². The number of ether oxygens (including phenoxy) is 2. The second-order valence-corrected chi connectivity index (χ2v) is 9.24. The molecule has 3 N–H and O–H groups in total. The van der Waals surface area contributed by atoms with E-state index in [1.807, 2.05) is 13.8 Å². The number of aliphatic imine (C=N–C) groups is 1. The average Bonchev–Trinajstić information content (AvgIpc) is 2.81. The number of hydrogen-bond acceptors (Lipinski definition) is 4. The largest absolute Gasteiger partial charge is 0.381 e. The highest BCUT2D eigenvalue weighted by Crippen LogP contribution is 2.24. The van der Waals surface area contributed by atoms with Gasteiger partial charge in [0.2, 0.25) is 5.91 Å². The molecule has 2 aliphatic rings. The van der Waals surface area contributed by atoms with E-state index in [0.717, 1.165) is 57.7 Å². The zero-order valence-electron chi connectivity index (χ0n) is 19.9. The lowest BCUT2D eigenvalue weighted by Gasteiger charge is -2.30. The van der Waals surface area contributed by atoms with E-state index in [1.165, 1.54) is 11.1 Å². The Labute approximate surface area is 192 Å². The number of amides is 1. The van der Waals surface area contributed by atoms with Crippen LogP contribution < -0.4 is 16.0 Å². The number of guanidine groups is 1. The molecule has 1 saturated carbocycles. The van der Waals surface area contributed by atoms with Crippen LogP contribution in [0.3, 0.4) is 0 Å². The lowest BCUT2D eigenvalue weighted by Crippen LogP contribution is -2.47. The highest BCUT2D eigenvalue weighted by atomic mass is 16.5. The van der Waals surface area contributed by atoms with Gasteiger partial charge in [-0.15, -0.1) is 0 Å². The second-order valence-electron chi connectivity index (χ2n) is 9.24. The highest BCUT2D eigenvalue weighted by Gasteiger charge is 2.28. The van der Waals surface area contributed by atoms with E-state index >= 15 is 0 Å². The van der Waals surface area contributed by atoms with Gasteiger partial charge in [0.25, 0.3) is 0 Å². The van der Waals surface area contributed by atoms with E-state index < -0.39 is 0 Å². The van der Waals surface area contributed by atoms with Crippen molar-refractivity contribution in [1.82, 2.24) is 16.0 Å². The first-order valence-corrected chi connectivity index (χ1v) is 12.1. The van der Waals surface area contributed by atoms with Crippen LogP contribution in [-0.4, -0.2) is 50.3 Å². The predicted molar refractivity (Wildman–Crippen MR) is 127 cm³/mol. The summed E-state index contributed by atoms with van der Waals surface area (Å²) in [7, 11) is 1.79. The summed E-state index contributed by atoms with van der Waals surface area (Å²) >= 11 is 0. The quantitative estimate of drug-likeness (QED) is 0.424. The number of hydrogen-bond donors (Lipinski definition) is 3. The van der Waals surface area contributed by atoms with Crippen molar-refractivity contribution >= 4 is 11.9 Å². The topological polar surface area (TPSA) is 84.0 Å². The first-order chi connectivity index (χ1) is 15.5. The summed E-state index contributed by atoms with van der Waals surface area (Å²) in [5, 5.41) is 10.00. The molecular weight excluding hydrogens is 404 g/mol. The van der Waals surface area contributed by atoms with E-state index in [2.05, 4.69) is 45.2 Å². The summed E-state index contributed by atoms with van der Waals surface area (Å²) < 4.78 is 11.5. The molecule has 2 atom stereocenters. The smallest absolute Gasteiger partial charge is 0.223 e. The van der Waals surface area contributed by atoms with Gasteiger partial charge in [-0.3, -0.25) is 9.79 Å². The molecule has 3 rings (SSSR count). The fourth-order valence-electron chi connectivity index (χ4n) is 4.42. The molecule has 1 heterocycles. The summed E-state index contributed by atoms with van der Waals surface area (Å²) in [5.41, 5.74) is 2.38. The standard InChI is InChI=1S/C25H40N4O3/c1-18(2)28-24(30)21-8-5-9-22(15-21)29-25(26-3)27-16-19-6-4-7-20(14-19)17-32-23-10-12-31-13-11-23/h4,6-7,14,18,21-23H,5,8-13,15-17H2,1-3H3,(H,28,30)(H2,26,27,29). The number of rotatable bonds is 8. The van der Waals surface area contributed by atoms with Gasteiger partial charge in [0.05, 0.1) is 12.7 Å². The molecule has 0 bridgehead atoms. The lowest BCUT2D eigenvalue weighted by atomic mass is 9.85. The van der Waals surface area contributed by atoms with Crippen molar-refractivity contribution in [1.29, 1.82) is 0 Å². The third-order valence-electron chi connectivity index (χ3n) is 6.15. The van der Waals surface area contributed by atoms with E-state index in [1.54, 1.807) is 7.05 Å². The number of nitrogens with one attached hydrogen (secondary N) is 3. The first-order valence-electron chi connectivity index (χ1n) is 12.1. The molecule has 7 heteroatoms. The summed E-state index contributed by atoms with van der Waals surface area (Å²) in [4.78, 5) is 16.8. The van der Waals surface area contributed by atoms with Gasteiger partial charge in [-0.25, -0.2) is 0 Å². The number of carbonyl (C=O) groups is 1. The molecule has 0 radical (unpaired) electrons. The van der Waals surface area contributed by atoms with Crippen LogP contribution in [0.2, 0.25) is 0 Å². The molecule has 2 unspecified atom stereocenters. The Kier molecular flexibility index (Phi) is 9.81. The minimum Gasteiger partial charge on any atom is -0.381 e. The van der Waals surface area contributed by atoms with Crippen LogP contribution in [0, 0.1) is 5.92 Å². The Balaban J connectivity index is 1.45. The maximum Gasteiger partial charge on any atom is 0.223 e. The molecule has 1 saturated heterocycles. The lowest BCUT2D eigenvalue weighted by molar-refractivity contribution is -0.126. The van der Waals surface area contributed by atoms with Crippen LogP contribution in [0.1, 0.15) is 63.5 Å². The molecule has 1 amide bonds. The van der Waals surface area contributed by atoms with Crippen LogP contribution in [-0.2, 0) is 27.4 Å². The predicted octanol–water partition coefficient (Wildman–Crippen LogP) is 3.13. The van der Waals surface area contributed by atoms with Gasteiger partial charge in [-0.2, -0.15) is 0 Å². The van der Waals surface area contributed by atoms with Gasteiger partial charge in [0, 0.05) is 44.8 Å². The molecule has 0 aromatic heterocycles. The monoisotopic (exact) mass is 444 g/mol. The van der Waals surface area contributed by atoms with E-state index in [4.69, 9.17) is 9.47 Å². The fourth-order valence-corrected chi connectivity index (χ4v) is 4.42. The summed E-state index contributed by atoms with van der Waals surface area (Å²) in [6, 6.07) is 8.94. The highest BCUT2D eigenvalue weighted by molar-refractivity contribution is 5.81. The maximum atomic E-state index is 12.4. The number of carbonyl (C=O) groups excluding carboxylic acids is 1. The van der Waals surface area contributed by atoms with Gasteiger partial charge >= 0.3 is 0 Å². The average molecular weight is 445 g/mol. The van der Waals surface area contributed by atoms with E-state index in [9.17, 15) is 4.79 Å².